The van der Waals surface area contributed by atoms with Crippen LogP contribution >= 0.6 is 0 Å². The highest BCUT2D eigenvalue weighted by Gasteiger charge is 2.61. The summed E-state index contributed by atoms with van der Waals surface area (Å²) < 4.78 is 148. The lowest BCUT2D eigenvalue weighted by molar-refractivity contribution is -0.360. The van der Waals surface area contributed by atoms with Gasteiger partial charge in [-0.2, -0.15) is 35.1 Å². The molecule has 14 heteroatoms. The number of benzene rings is 4. The van der Waals surface area contributed by atoms with E-state index in [1.807, 2.05) is 0 Å². The molecule has 0 radical (unpaired) electrons. The predicted octanol–water partition coefficient (Wildman–Crippen LogP) is 10.4. The second-order valence-corrected chi connectivity index (χ2v) is 12.3. The summed E-state index contributed by atoms with van der Waals surface area (Å²) in [7, 11) is 0. The van der Waals surface area contributed by atoms with Gasteiger partial charge >= 0.3 is 18.5 Å². The van der Waals surface area contributed by atoms with Crippen molar-refractivity contribution in [1.29, 1.82) is 0 Å². The van der Waals surface area contributed by atoms with E-state index in [1.54, 1.807) is 30.3 Å². The molecule has 1 saturated carbocycles. The van der Waals surface area contributed by atoms with Gasteiger partial charge in [-0.15, -0.1) is 0 Å². The predicted molar refractivity (Wildman–Crippen MR) is 166 cm³/mol. The first-order valence-corrected chi connectivity index (χ1v) is 15.9. The molecule has 0 heterocycles. The number of carbonyl (C=O) groups is 1. The third kappa shape index (κ3) is 8.77. The summed E-state index contributed by atoms with van der Waals surface area (Å²) in [5, 5.41) is 2.63. The lowest BCUT2D eigenvalue weighted by Crippen LogP contribution is -2.49. The van der Waals surface area contributed by atoms with E-state index in [2.05, 4.69) is 10.1 Å². The quantitative estimate of drug-likeness (QED) is 0.157. The molecule has 0 aliphatic heterocycles. The van der Waals surface area contributed by atoms with Crippen molar-refractivity contribution >= 4 is 5.91 Å². The molecule has 272 valence electrons. The third-order valence-corrected chi connectivity index (χ3v) is 8.70. The minimum absolute atomic E-state index is 0.0256. The minimum Gasteiger partial charge on any atom is -0.490 e. The Labute approximate surface area is 286 Å². The van der Waals surface area contributed by atoms with Crippen molar-refractivity contribution in [3.05, 3.63) is 130 Å². The summed E-state index contributed by atoms with van der Waals surface area (Å²) in [6.45, 7) is 0.143. The van der Waals surface area contributed by atoms with E-state index in [1.165, 1.54) is 18.2 Å². The van der Waals surface area contributed by atoms with E-state index in [0.29, 0.717) is 11.6 Å². The van der Waals surface area contributed by atoms with Crippen LogP contribution in [0.2, 0.25) is 0 Å². The Bertz CT molecular complexity index is 1820. The highest BCUT2D eigenvalue weighted by Crippen LogP contribution is 2.41. The molecule has 0 unspecified atom stereocenters. The Morgan fingerprint density at radius 3 is 2.06 bits per heavy atom. The Morgan fingerprint density at radius 2 is 1.39 bits per heavy atom. The zero-order chi connectivity index (χ0) is 37.0. The molecular weight excluding hydrogens is 696 g/mol. The molecule has 1 aliphatic rings. The third-order valence-electron chi connectivity index (χ3n) is 8.70. The highest BCUT2D eigenvalue weighted by molar-refractivity contribution is 5.95. The first kappa shape index (κ1) is 37.5. The Morgan fingerprint density at radius 1 is 0.725 bits per heavy atom. The maximum absolute atomic E-state index is 15.3. The summed E-state index contributed by atoms with van der Waals surface area (Å²) in [4.78, 5) is 13.9. The summed E-state index contributed by atoms with van der Waals surface area (Å²) in [6.07, 6.45) is -12.5. The summed E-state index contributed by atoms with van der Waals surface area (Å²) >= 11 is 0. The fourth-order valence-electron chi connectivity index (χ4n) is 6.08. The fourth-order valence-corrected chi connectivity index (χ4v) is 6.08. The average Bonchev–Trinajstić information content (AvgIpc) is 3.07. The largest absolute Gasteiger partial charge is 0.499 e. The number of alkyl halides is 8. The van der Waals surface area contributed by atoms with E-state index in [-0.39, 0.29) is 41.9 Å². The van der Waals surface area contributed by atoms with Gasteiger partial charge in [-0.3, -0.25) is 4.79 Å². The molecule has 51 heavy (non-hydrogen) atoms. The zero-order valence-corrected chi connectivity index (χ0v) is 26.7. The number of amides is 1. The number of hydrogen-bond acceptors (Lipinski definition) is 3. The molecule has 1 fully saturated rings. The second kappa shape index (κ2) is 14.8. The van der Waals surface area contributed by atoms with Crippen molar-refractivity contribution < 1.29 is 58.2 Å². The molecule has 1 atom stereocenters. The van der Waals surface area contributed by atoms with Crippen LogP contribution in [0.25, 0.3) is 0 Å². The van der Waals surface area contributed by atoms with E-state index in [9.17, 15) is 44.3 Å². The van der Waals surface area contributed by atoms with Crippen LogP contribution in [0, 0.1) is 17.6 Å². The van der Waals surface area contributed by atoms with Gasteiger partial charge in [0.2, 0.25) is 0 Å². The number of hydrogen-bond donors (Lipinski definition) is 1. The molecule has 5 rings (SSSR count). The maximum atomic E-state index is 15.3. The smallest absolute Gasteiger partial charge is 0.490 e. The van der Waals surface area contributed by atoms with Gasteiger partial charge in [-0.1, -0.05) is 67.8 Å². The van der Waals surface area contributed by atoms with Crippen molar-refractivity contribution in [2.45, 2.75) is 62.5 Å². The van der Waals surface area contributed by atoms with Crippen LogP contribution in [-0.4, -0.2) is 24.8 Å². The van der Waals surface area contributed by atoms with Gasteiger partial charge in [-0.05, 0) is 77.9 Å². The van der Waals surface area contributed by atoms with Crippen molar-refractivity contribution in [2.75, 3.05) is 6.61 Å². The van der Waals surface area contributed by atoms with Crippen LogP contribution < -0.4 is 14.8 Å². The van der Waals surface area contributed by atoms with Crippen LogP contribution in [0.1, 0.15) is 64.7 Å². The Balaban J connectivity index is 1.69. The lowest BCUT2D eigenvalue weighted by atomic mass is 9.77. The van der Waals surface area contributed by atoms with Crippen molar-refractivity contribution in [2.24, 2.45) is 5.92 Å². The summed E-state index contributed by atoms with van der Waals surface area (Å²) in [6, 6.07) is 17.0. The second-order valence-electron chi connectivity index (χ2n) is 12.3. The van der Waals surface area contributed by atoms with Crippen molar-refractivity contribution in [3.63, 3.8) is 0 Å². The van der Waals surface area contributed by atoms with Gasteiger partial charge in [-0.25, -0.2) is 8.78 Å². The molecule has 0 bridgehead atoms. The molecule has 1 aliphatic carbocycles. The molecule has 4 aromatic carbocycles. The number of nitrogens with one attached hydrogen (secondary N) is 1. The fraction of sp³-hybridized carbons (Fsp3) is 0.324. The molecule has 1 amide bonds. The van der Waals surface area contributed by atoms with Gasteiger partial charge in [0.15, 0.2) is 11.6 Å². The number of halogens is 10. The van der Waals surface area contributed by atoms with E-state index >= 15 is 4.39 Å². The molecule has 0 saturated heterocycles. The zero-order valence-electron chi connectivity index (χ0n) is 26.7. The Kier molecular flexibility index (Phi) is 10.9. The van der Waals surface area contributed by atoms with Crippen LogP contribution in [-0.2, 0) is 18.1 Å². The monoisotopic (exact) mass is 727 g/mol. The topological polar surface area (TPSA) is 47.6 Å². The normalized spacial score (nSPS) is 15.6. The van der Waals surface area contributed by atoms with Crippen molar-refractivity contribution in [1.82, 2.24) is 5.32 Å². The van der Waals surface area contributed by atoms with Crippen LogP contribution in [0.3, 0.4) is 0 Å². The molecular formula is C37H31F10NO3. The maximum Gasteiger partial charge on any atom is 0.499 e. The van der Waals surface area contributed by atoms with E-state index < -0.39 is 58.4 Å². The minimum atomic E-state index is -6.10. The number of rotatable bonds is 11. The van der Waals surface area contributed by atoms with Gasteiger partial charge in [0.25, 0.3) is 5.91 Å². The molecule has 4 nitrogen and oxygen atoms in total. The van der Waals surface area contributed by atoms with Gasteiger partial charge in [0.1, 0.15) is 11.6 Å². The lowest BCUT2D eigenvalue weighted by Gasteiger charge is -2.37. The number of ether oxygens (including phenoxy) is 2. The summed E-state index contributed by atoms with van der Waals surface area (Å²) in [5.41, 5.74) is -4.11. The van der Waals surface area contributed by atoms with Gasteiger partial charge in [0.05, 0.1) is 17.7 Å². The van der Waals surface area contributed by atoms with Crippen LogP contribution in [0.15, 0.2) is 91.0 Å². The van der Waals surface area contributed by atoms with Gasteiger partial charge < -0.3 is 14.8 Å². The van der Waals surface area contributed by atoms with Crippen LogP contribution in [0.5, 0.6) is 11.5 Å². The van der Waals surface area contributed by atoms with Crippen molar-refractivity contribution in [3.8, 4) is 11.5 Å². The van der Waals surface area contributed by atoms with E-state index in [4.69, 9.17) is 4.74 Å². The first-order valence-electron chi connectivity index (χ1n) is 15.9. The summed E-state index contributed by atoms with van der Waals surface area (Å²) in [5.74, 6) is -4.77. The average molecular weight is 728 g/mol. The van der Waals surface area contributed by atoms with Gasteiger partial charge in [0, 0.05) is 12.0 Å². The molecule has 0 aromatic heterocycles. The Hall–Kier alpha value is -4.75. The highest BCUT2D eigenvalue weighted by atomic mass is 19.4. The van der Waals surface area contributed by atoms with Crippen LogP contribution in [0.4, 0.5) is 43.9 Å². The standard InChI is InChI=1S/C37H31F10NO3/c38-30-16-14-25(18-29(30)35(40,41)42)33(49)48-34(21-23-8-3-1-4-9-23,26-12-7-13-28(19-26)51-37(46,47)36(43,44)45)27-15-17-31(39)32(20-27)50-22-24-10-5-2-6-11-24/h1,3-4,7-9,12-20,24H,2,5-6,10-11,21-22H2,(H,48,49)/t34-/m1/s1. The van der Waals surface area contributed by atoms with E-state index in [0.717, 1.165) is 62.4 Å². The molecule has 0 spiro atoms. The first-order chi connectivity index (χ1) is 24.0. The molecule has 4 aromatic rings. The SMILES string of the molecule is O=C(N[C@](Cc1ccccc1)(c1cccc(OC(F)(F)C(F)(F)F)c1)c1ccc(F)c(OCC2CCCCC2)c1)c1ccc(F)c(C(F)(F)F)c1. The number of carbonyl (C=O) groups excluding carboxylic acids is 1. The molecule has 1 N–H and O–H groups in total.